The molecule has 1 saturated heterocycles. The van der Waals surface area contributed by atoms with Crippen molar-refractivity contribution in [1.29, 1.82) is 0 Å². The topological polar surface area (TPSA) is 87.3 Å². The summed E-state index contributed by atoms with van der Waals surface area (Å²) in [6.07, 6.45) is 0. The van der Waals surface area contributed by atoms with E-state index in [1.807, 2.05) is 0 Å². The summed E-state index contributed by atoms with van der Waals surface area (Å²) in [5.41, 5.74) is 0.647. The summed E-state index contributed by atoms with van der Waals surface area (Å²) >= 11 is 0. The molecule has 0 unspecified atom stereocenters. The first-order chi connectivity index (χ1) is 12.4. The number of rotatable bonds is 6. The van der Waals surface area contributed by atoms with Gasteiger partial charge in [-0.3, -0.25) is 9.52 Å². The van der Waals surface area contributed by atoms with Gasteiger partial charge in [-0.1, -0.05) is 12.1 Å². The van der Waals surface area contributed by atoms with Gasteiger partial charge in [0.25, 0.3) is 15.9 Å². The Morgan fingerprint density at radius 3 is 2.62 bits per heavy atom. The highest BCUT2D eigenvalue weighted by Gasteiger charge is 2.21. The molecule has 8 heteroatoms. The van der Waals surface area contributed by atoms with Crippen molar-refractivity contribution >= 4 is 21.6 Å². The number of benzene rings is 2. The van der Waals surface area contributed by atoms with Crippen LogP contribution in [0.25, 0.3) is 0 Å². The van der Waals surface area contributed by atoms with Gasteiger partial charge >= 0.3 is 0 Å². The summed E-state index contributed by atoms with van der Waals surface area (Å²) in [5.74, 6) is -0.426. The summed E-state index contributed by atoms with van der Waals surface area (Å²) in [4.78, 5) is 12.4. The predicted octanol–water partition coefficient (Wildman–Crippen LogP) is 1.88. The molecule has 2 aromatic carbocycles. The Balaban J connectivity index is 1.80. The fourth-order valence-corrected chi connectivity index (χ4v) is 3.75. The summed E-state index contributed by atoms with van der Waals surface area (Å²) in [6.45, 7) is 3.74. The normalized spacial score (nSPS) is 14.5. The molecule has 1 fully saturated rings. The van der Waals surface area contributed by atoms with E-state index >= 15 is 0 Å². The van der Waals surface area contributed by atoms with Crippen molar-refractivity contribution in [3.8, 4) is 0 Å². The average Bonchev–Trinajstić information content (AvgIpc) is 2.56. The highest BCUT2D eigenvalue weighted by Crippen LogP contribution is 2.21. The van der Waals surface area contributed by atoms with E-state index in [1.54, 1.807) is 18.2 Å². The first kappa shape index (κ1) is 18.3. The van der Waals surface area contributed by atoms with E-state index in [1.165, 1.54) is 25.1 Å². The van der Waals surface area contributed by atoms with Crippen molar-refractivity contribution in [3.05, 3.63) is 59.4 Å². The lowest BCUT2D eigenvalue weighted by Crippen LogP contribution is -2.48. The molecule has 6 nitrogen and oxygen atoms in total. The lowest BCUT2D eigenvalue weighted by Gasteiger charge is -2.27. The molecule has 1 amide bonds. The van der Waals surface area contributed by atoms with Gasteiger partial charge in [0, 0.05) is 25.6 Å². The Morgan fingerprint density at radius 2 is 1.96 bits per heavy atom. The Kier molecular flexibility index (Phi) is 5.24. The zero-order valence-electron chi connectivity index (χ0n) is 14.3. The lowest BCUT2D eigenvalue weighted by molar-refractivity contribution is 0.0943. The molecule has 0 spiro atoms. The molecule has 1 aliphatic heterocycles. The quantitative estimate of drug-likeness (QED) is 0.717. The standard InChI is InChI=1S/C18H20FN3O3S/c1-12-8-14(6-7-16(12)19)26(24,25)22-17-5-3-2-4-15(17)18(23)21-11-13-9-20-10-13/h2-8,13,20,22H,9-11H2,1H3,(H,21,23). The first-order valence-electron chi connectivity index (χ1n) is 8.24. The zero-order valence-corrected chi connectivity index (χ0v) is 15.1. The van der Waals surface area contributed by atoms with E-state index in [9.17, 15) is 17.6 Å². The van der Waals surface area contributed by atoms with Crippen LogP contribution in [0.15, 0.2) is 47.4 Å². The van der Waals surface area contributed by atoms with Gasteiger partial charge in [-0.2, -0.15) is 0 Å². The second-order valence-corrected chi connectivity index (χ2v) is 7.98. The van der Waals surface area contributed by atoms with Crippen LogP contribution in [0.3, 0.4) is 0 Å². The van der Waals surface area contributed by atoms with E-state index in [2.05, 4.69) is 15.4 Å². The second-order valence-electron chi connectivity index (χ2n) is 6.30. The number of halogens is 1. The van der Waals surface area contributed by atoms with Crippen LogP contribution in [0.2, 0.25) is 0 Å². The minimum absolute atomic E-state index is 0.0628. The molecule has 1 heterocycles. The maximum atomic E-state index is 13.4. The molecule has 0 atom stereocenters. The Bertz CT molecular complexity index is 927. The van der Waals surface area contributed by atoms with E-state index in [-0.39, 0.29) is 27.6 Å². The molecule has 26 heavy (non-hydrogen) atoms. The number of carbonyl (C=O) groups excluding carboxylic acids is 1. The summed E-state index contributed by atoms with van der Waals surface area (Å²) in [7, 11) is -3.94. The number of para-hydroxylation sites is 1. The largest absolute Gasteiger partial charge is 0.352 e. The van der Waals surface area contributed by atoms with Crippen LogP contribution in [-0.4, -0.2) is 34.0 Å². The van der Waals surface area contributed by atoms with Gasteiger partial charge in [-0.05, 0) is 42.8 Å². The Labute approximate surface area is 151 Å². The molecule has 0 bridgehead atoms. The minimum atomic E-state index is -3.94. The number of nitrogens with one attached hydrogen (secondary N) is 3. The van der Waals surface area contributed by atoms with Crippen LogP contribution >= 0.6 is 0 Å². The highest BCUT2D eigenvalue weighted by atomic mass is 32.2. The molecule has 3 N–H and O–H groups in total. The molecule has 0 aliphatic carbocycles. The highest BCUT2D eigenvalue weighted by molar-refractivity contribution is 7.92. The fourth-order valence-electron chi connectivity index (χ4n) is 2.58. The Morgan fingerprint density at radius 1 is 1.23 bits per heavy atom. The van der Waals surface area contributed by atoms with Crippen molar-refractivity contribution in [2.24, 2.45) is 5.92 Å². The van der Waals surface area contributed by atoms with E-state index in [4.69, 9.17) is 0 Å². The second kappa shape index (κ2) is 7.43. The maximum Gasteiger partial charge on any atom is 0.261 e. The lowest BCUT2D eigenvalue weighted by atomic mass is 10.0. The molecule has 1 aliphatic rings. The predicted molar refractivity (Wildman–Crippen MR) is 97.1 cm³/mol. The van der Waals surface area contributed by atoms with Crippen LogP contribution in [0, 0.1) is 18.7 Å². The number of anilines is 1. The molecule has 0 aromatic heterocycles. The SMILES string of the molecule is Cc1cc(S(=O)(=O)Nc2ccccc2C(=O)NCC2CNC2)ccc1F. The van der Waals surface area contributed by atoms with Gasteiger partial charge in [-0.15, -0.1) is 0 Å². The van der Waals surface area contributed by atoms with Gasteiger partial charge in [0.05, 0.1) is 16.1 Å². The van der Waals surface area contributed by atoms with Gasteiger partial charge in [0.15, 0.2) is 0 Å². The summed E-state index contributed by atoms with van der Waals surface area (Å²) in [6, 6.07) is 9.94. The number of sulfonamides is 1. The number of carbonyl (C=O) groups is 1. The molecular weight excluding hydrogens is 357 g/mol. The van der Waals surface area contributed by atoms with E-state index < -0.39 is 15.8 Å². The van der Waals surface area contributed by atoms with Gasteiger partial charge in [0.2, 0.25) is 0 Å². The third-order valence-corrected chi connectivity index (χ3v) is 5.64. The first-order valence-corrected chi connectivity index (χ1v) is 9.72. The molecule has 0 radical (unpaired) electrons. The molecule has 3 rings (SSSR count). The van der Waals surface area contributed by atoms with Crippen molar-refractivity contribution in [1.82, 2.24) is 10.6 Å². The van der Waals surface area contributed by atoms with E-state index in [0.29, 0.717) is 12.5 Å². The molecule has 0 saturated carbocycles. The van der Waals surface area contributed by atoms with Gasteiger partial charge in [-0.25, -0.2) is 12.8 Å². The molecule has 138 valence electrons. The smallest absolute Gasteiger partial charge is 0.261 e. The zero-order chi connectivity index (χ0) is 18.7. The monoisotopic (exact) mass is 377 g/mol. The number of hydrogen-bond acceptors (Lipinski definition) is 4. The Hall–Kier alpha value is -2.45. The van der Waals surface area contributed by atoms with Crippen LogP contribution < -0.4 is 15.4 Å². The van der Waals surface area contributed by atoms with Gasteiger partial charge < -0.3 is 10.6 Å². The molecule has 2 aromatic rings. The van der Waals surface area contributed by atoms with E-state index in [0.717, 1.165) is 19.2 Å². The fraction of sp³-hybridized carbons (Fsp3) is 0.278. The maximum absolute atomic E-state index is 13.4. The average molecular weight is 377 g/mol. The van der Waals surface area contributed by atoms with Crippen LogP contribution in [-0.2, 0) is 10.0 Å². The minimum Gasteiger partial charge on any atom is -0.352 e. The third kappa shape index (κ3) is 4.03. The van der Waals surface area contributed by atoms with Crippen LogP contribution in [0.5, 0.6) is 0 Å². The van der Waals surface area contributed by atoms with Gasteiger partial charge in [0.1, 0.15) is 5.82 Å². The number of amides is 1. The van der Waals surface area contributed by atoms with Crippen molar-refractivity contribution in [3.63, 3.8) is 0 Å². The summed E-state index contributed by atoms with van der Waals surface area (Å²) in [5, 5.41) is 5.94. The summed E-state index contributed by atoms with van der Waals surface area (Å²) < 4.78 is 41.0. The van der Waals surface area contributed by atoms with Crippen molar-refractivity contribution in [2.75, 3.05) is 24.4 Å². The number of aryl methyl sites for hydroxylation is 1. The van der Waals surface area contributed by atoms with Crippen molar-refractivity contribution < 1.29 is 17.6 Å². The third-order valence-electron chi connectivity index (χ3n) is 4.27. The van der Waals surface area contributed by atoms with Crippen LogP contribution in [0.1, 0.15) is 15.9 Å². The number of hydrogen-bond donors (Lipinski definition) is 3. The van der Waals surface area contributed by atoms with Crippen molar-refractivity contribution in [2.45, 2.75) is 11.8 Å². The van der Waals surface area contributed by atoms with Crippen LogP contribution in [0.4, 0.5) is 10.1 Å². The molecular formula is C18H20FN3O3S.